The molecule has 0 unspecified atom stereocenters. The highest BCUT2D eigenvalue weighted by Crippen LogP contribution is 2.31. The first kappa shape index (κ1) is 18.4. The number of amides is 1. The molecule has 0 fully saturated rings. The van der Waals surface area contributed by atoms with Crippen molar-refractivity contribution in [1.29, 1.82) is 0 Å². The molecule has 0 saturated heterocycles. The molecule has 134 valence electrons. The number of carbonyl (C=O) groups excluding carboxylic acids is 1. The van der Waals surface area contributed by atoms with E-state index in [-0.39, 0.29) is 18.0 Å². The second kappa shape index (κ2) is 8.27. The van der Waals surface area contributed by atoms with Crippen molar-refractivity contribution >= 4 is 17.3 Å². The summed E-state index contributed by atoms with van der Waals surface area (Å²) in [5, 5.41) is 5.30. The van der Waals surface area contributed by atoms with E-state index in [1.807, 2.05) is 0 Å². The first-order chi connectivity index (χ1) is 11.9. The first-order valence-corrected chi connectivity index (χ1v) is 7.31. The number of halogens is 3. The van der Waals surface area contributed by atoms with Crippen LogP contribution < -0.4 is 20.1 Å². The Morgan fingerprint density at radius 3 is 2.48 bits per heavy atom. The number of nitrogens with one attached hydrogen (secondary N) is 2. The van der Waals surface area contributed by atoms with E-state index in [4.69, 9.17) is 4.74 Å². The molecule has 5 nitrogen and oxygen atoms in total. The number of benzene rings is 2. The third-order valence-electron chi connectivity index (χ3n) is 3.29. The number of carbonyl (C=O) groups is 1. The summed E-state index contributed by atoms with van der Waals surface area (Å²) in [5.74, 6) is -0.848. The number of hydrogen-bond acceptors (Lipinski definition) is 4. The Bertz CT molecular complexity index is 754. The summed E-state index contributed by atoms with van der Waals surface area (Å²) in [5.41, 5.74) is 1.19. The molecule has 2 aromatic rings. The molecule has 25 heavy (non-hydrogen) atoms. The van der Waals surface area contributed by atoms with E-state index in [1.54, 1.807) is 25.1 Å². The number of rotatable bonds is 7. The van der Waals surface area contributed by atoms with Gasteiger partial charge in [0.05, 0.1) is 13.7 Å². The number of methoxy groups -OCH3 is 1. The van der Waals surface area contributed by atoms with Gasteiger partial charge in [-0.15, -0.1) is 0 Å². The van der Waals surface area contributed by atoms with Gasteiger partial charge >= 0.3 is 6.61 Å². The normalized spacial score (nSPS) is 10.5. The number of aryl methyl sites for hydroxylation is 1. The molecule has 0 heterocycles. The molecule has 0 radical (unpaired) electrons. The third kappa shape index (κ3) is 5.30. The van der Waals surface area contributed by atoms with Crippen LogP contribution in [0.25, 0.3) is 0 Å². The molecule has 0 atom stereocenters. The lowest BCUT2D eigenvalue weighted by Gasteiger charge is -2.13. The molecule has 0 bridgehead atoms. The fraction of sp³-hybridized carbons (Fsp3) is 0.235. The minimum Gasteiger partial charge on any atom is -0.493 e. The van der Waals surface area contributed by atoms with E-state index < -0.39 is 18.3 Å². The van der Waals surface area contributed by atoms with Gasteiger partial charge < -0.3 is 20.1 Å². The lowest BCUT2D eigenvalue weighted by Crippen LogP contribution is -2.21. The summed E-state index contributed by atoms with van der Waals surface area (Å²) < 4.78 is 47.5. The molecular weight excluding hydrogens is 337 g/mol. The molecular formula is C17H17F3N2O3. The Balaban J connectivity index is 1.97. The van der Waals surface area contributed by atoms with Gasteiger partial charge in [-0.3, -0.25) is 4.79 Å². The maximum atomic E-state index is 13.4. The van der Waals surface area contributed by atoms with Gasteiger partial charge in [-0.05, 0) is 36.8 Å². The molecule has 8 heteroatoms. The molecule has 2 N–H and O–H groups in total. The van der Waals surface area contributed by atoms with Crippen molar-refractivity contribution in [3.63, 3.8) is 0 Å². The van der Waals surface area contributed by atoms with Crippen LogP contribution in [-0.2, 0) is 4.79 Å². The van der Waals surface area contributed by atoms with Crippen LogP contribution in [0.15, 0.2) is 36.4 Å². The maximum absolute atomic E-state index is 13.4. The van der Waals surface area contributed by atoms with Crippen molar-refractivity contribution < 1.29 is 27.4 Å². The first-order valence-electron chi connectivity index (χ1n) is 7.31. The molecule has 0 aliphatic rings. The van der Waals surface area contributed by atoms with Crippen LogP contribution in [0.2, 0.25) is 0 Å². The summed E-state index contributed by atoms with van der Waals surface area (Å²) in [6.45, 7) is -1.52. The van der Waals surface area contributed by atoms with Crippen LogP contribution in [0, 0.1) is 12.7 Å². The monoisotopic (exact) mass is 354 g/mol. The van der Waals surface area contributed by atoms with E-state index in [0.717, 1.165) is 0 Å². The van der Waals surface area contributed by atoms with Crippen molar-refractivity contribution in [1.82, 2.24) is 0 Å². The highest BCUT2D eigenvalue weighted by Gasteiger charge is 2.12. The molecule has 0 aliphatic heterocycles. The quantitative estimate of drug-likeness (QED) is 0.794. The average Bonchev–Trinajstić information content (AvgIpc) is 2.56. The highest BCUT2D eigenvalue weighted by atomic mass is 19.3. The lowest BCUT2D eigenvalue weighted by molar-refractivity contribution is -0.114. The Hall–Kier alpha value is -2.90. The molecule has 0 aliphatic carbocycles. The Morgan fingerprint density at radius 2 is 1.84 bits per heavy atom. The number of alkyl halides is 2. The van der Waals surface area contributed by atoms with Crippen LogP contribution in [0.5, 0.6) is 11.5 Å². The smallest absolute Gasteiger partial charge is 0.387 e. The van der Waals surface area contributed by atoms with Gasteiger partial charge in [0, 0.05) is 17.4 Å². The molecule has 1 amide bonds. The summed E-state index contributed by atoms with van der Waals surface area (Å²) in [4.78, 5) is 11.9. The van der Waals surface area contributed by atoms with Crippen LogP contribution >= 0.6 is 0 Å². The fourth-order valence-corrected chi connectivity index (χ4v) is 2.03. The largest absolute Gasteiger partial charge is 0.493 e. The topological polar surface area (TPSA) is 59.6 Å². The molecule has 0 aromatic heterocycles. The van der Waals surface area contributed by atoms with Crippen molar-refractivity contribution in [2.24, 2.45) is 0 Å². The Labute approximate surface area is 142 Å². The van der Waals surface area contributed by atoms with Gasteiger partial charge in [0.15, 0.2) is 11.5 Å². The highest BCUT2D eigenvalue weighted by molar-refractivity contribution is 5.93. The van der Waals surface area contributed by atoms with E-state index in [0.29, 0.717) is 16.9 Å². The molecule has 2 aromatic carbocycles. The van der Waals surface area contributed by atoms with Gasteiger partial charge in [-0.2, -0.15) is 8.78 Å². The SMILES string of the molecule is COc1ccc(NCC(=O)Nc2ccc(C)c(F)c2)cc1OC(F)F. The average molecular weight is 354 g/mol. The minimum atomic E-state index is -3.00. The maximum Gasteiger partial charge on any atom is 0.387 e. The van der Waals surface area contributed by atoms with Crippen molar-refractivity contribution in [2.75, 3.05) is 24.3 Å². The van der Waals surface area contributed by atoms with Crippen LogP contribution in [-0.4, -0.2) is 26.2 Å². The number of hydrogen-bond donors (Lipinski definition) is 2. The summed E-state index contributed by atoms with van der Waals surface area (Å²) in [6, 6.07) is 8.64. The van der Waals surface area contributed by atoms with Crippen LogP contribution in [0.1, 0.15) is 5.56 Å². The van der Waals surface area contributed by atoms with E-state index in [1.165, 1.54) is 25.3 Å². The fourth-order valence-electron chi connectivity index (χ4n) is 2.03. The van der Waals surface area contributed by atoms with Gasteiger partial charge in [0.25, 0.3) is 0 Å². The standard InChI is InChI=1S/C17H17F3N2O3/c1-10-3-4-12(7-13(10)18)22-16(23)9-21-11-5-6-14(24-2)15(8-11)25-17(19)20/h3-8,17,21H,9H2,1-2H3,(H,22,23). The van der Waals surface area contributed by atoms with E-state index >= 15 is 0 Å². The van der Waals surface area contributed by atoms with Crippen molar-refractivity contribution in [3.05, 3.63) is 47.8 Å². The summed E-state index contributed by atoms with van der Waals surface area (Å²) in [7, 11) is 1.33. The predicted molar refractivity (Wildman–Crippen MR) is 87.9 cm³/mol. The van der Waals surface area contributed by atoms with Gasteiger partial charge in [-0.25, -0.2) is 4.39 Å². The number of ether oxygens (including phenoxy) is 2. The van der Waals surface area contributed by atoms with Crippen LogP contribution in [0.4, 0.5) is 24.5 Å². The predicted octanol–water partition coefficient (Wildman–Crippen LogP) is 3.79. The lowest BCUT2D eigenvalue weighted by atomic mass is 10.2. The Morgan fingerprint density at radius 1 is 1.12 bits per heavy atom. The van der Waals surface area contributed by atoms with E-state index in [9.17, 15) is 18.0 Å². The zero-order valence-corrected chi connectivity index (χ0v) is 13.6. The second-order valence-electron chi connectivity index (χ2n) is 5.11. The van der Waals surface area contributed by atoms with Crippen molar-refractivity contribution in [2.45, 2.75) is 13.5 Å². The Kier molecular flexibility index (Phi) is 6.10. The van der Waals surface area contributed by atoms with Crippen LogP contribution in [0.3, 0.4) is 0 Å². The van der Waals surface area contributed by atoms with Gasteiger partial charge in [-0.1, -0.05) is 6.07 Å². The zero-order valence-electron chi connectivity index (χ0n) is 13.6. The number of anilines is 2. The molecule has 0 saturated carbocycles. The third-order valence-corrected chi connectivity index (χ3v) is 3.29. The second-order valence-corrected chi connectivity index (χ2v) is 5.11. The van der Waals surface area contributed by atoms with E-state index in [2.05, 4.69) is 15.4 Å². The minimum absolute atomic E-state index is 0.143. The zero-order chi connectivity index (χ0) is 18.4. The van der Waals surface area contributed by atoms with Gasteiger partial charge in [0.1, 0.15) is 5.82 Å². The molecule has 0 spiro atoms. The molecule has 2 rings (SSSR count). The summed E-state index contributed by atoms with van der Waals surface area (Å²) >= 11 is 0. The van der Waals surface area contributed by atoms with Crippen molar-refractivity contribution in [3.8, 4) is 11.5 Å². The summed E-state index contributed by atoms with van der Waals surface area (Å²) in [6.07, 6.45) is 0. The van der Waals surface area contributed by atoms with Gasteiger partial charge in [0.2, 0.25) is 5.91 Å².